The highest BCUT2D eigenvalue weighted by Crippen LogP contribution is 2.22. The van der Waals surface area contributed by atoms with Crippen molar-refractivity contribution in [1.82, 2.24) is 4.90 Å². The van der Waals surface area contributed by atoms with Crippen molar-refractivity contribution in [3.05, 3.63) is 0 Å². The zero-order valence-corrected chi connectivity index (χ0v) is 11.1. The van der Waals surface area contributed by atoms with Crippen LogP contribution >= 0.6 is 0 Å². The first-order valence-corrected chi connectivity index (χ1v) is 7.71. The number of carbonyl (C=O) groups is 1. The Balaban J connectivity index is 2.72. The minimum Gasteiger partial charge on any atom is -0.336 e. The van der Waals surface area contributed by atoms with E-state index in [-0.39, 0.29) is 29.5 Å². The van der Waals surface area contributed by atoms with Crippen molar-refractivity contribution < 1.29 is 13.2 Å². The second-order valence-electron chi connectivity index (χ2n) is 4.61. The van der Waals surface area contributed by atoms with E-state index in [1.54, 1.807) is 11.8 Å². The fourth-order valence-electron chi connectivity index (χ4n) is 2.28. The van der Waals surface area contributed by atoms with Crippen molar-refractivity contribution in [3.8, 4) is 0 Å². The second kappa shape index (κ2) is 5.17. The van der Waals surface area contributed by atoms with E-state index >= 15 is 0 Å². The van der Waals surface area contributed by atoms with Gasteiger partial charge in [-0.15, -0.1) is 0 Å². The monoisotopic (exact) mass is 247 g/mol. The maximum Gasteiger partial charge on any atom is 0.238 e. The van der Waals surface area contributed by atoms with E-state index in [0.717, 1.165) is 19.3 Å². The highest BCUT2D eigenvalue weighted by Gasteiger charge is 2.30. The summed E-state index contributed by atoms with van der Waals surface area (Å²) < 4.78 is 22.8. The van der Waals surface area contributed by atoms with E-state index in [9.17, 15) is 13.2 Å². The number of likely N-dealkylation sites (tertiary alicyclic amines) is 1. The quantitative estimate of drug-likeness (QED) is 0.753. The highest BCUT2D eigenvalue weighted by molar-refractivity contribution is 7.92. The molecule has 0 N–H and O–H groups in total. The number of hydrogen-bond donors (Lipinski definition) is 0. The molecule has 1 aliphatic heterocycles. The Morgan fingerprint density at radius 2 is 1.75 bits per heavy atom. The Kier molecular flexibility index (Phi) is 4.35. The van der Waals surface area contributed by atoms with Crippen molar-refractivity contribution >= 4 is 15.7 Å². The van der Waals surface area contributed by atoms with E-state index in [2.05, 4.69) is 0 Å². The molecule has 0 aromatic rings. The van der Waals surface area contributed by atoms with Crippen LogP contribution in [-0.2, 0) is 14.6 Å². The van der Waals surface area contributed by atoms with Crippen LogP contribution in [0, 0.1) is 0 Å². The molecule has 1 amide bonds. The molecule has 0 aromatic heterocycles. The highest BCUT2D eigenvalue weighted by atomic mass is 32.2. The van der Waals surface area contributed by atoms with E-state index < -0.39 is 9.84 Å². The molecule has 94 valence electrons. The number of hydrogen-bond acceptors (Lipinski definition) is 3. The molecular weight excluding hydrogens is 226 g/mol. The van der Waals surface area contributed by atoms with Gasteiger partial charge in [-0.1, -0.05) is 6.92 Å². The van der Waals surface area contributed by atoms with Gasteiger partial charge in [-0.05, 0) is 33.1 Å². The predicted molar refractivity (Wildman–Crippen MR) is 63.9 cm³/mol. The second-order valence-corrected chi connectivity index (χ2v) is 6.96. The third-order valence-corrected chi connectivity index (χ3v) is 4.83. The van der Waals surface area contributed by atoms with Crippen LogP contribution in [0.4, 0.5) is 0 Å². The lowest BCUT2D eigenvalue weighted by atomic mass is 9.98. The lowest BCUT2D eigenvalue weighted by Crippen LogP contribution is -2.49. The van der Waals surface area contributed by atoms with Gasteiger partial charge >= 0.3 is 0 Å². The lowest BCUT2D eigenvalue weighted by molar-refractivity contribution is -0.134. The van der Waals surface area contributed by atoms with Crippen molar-refractivity contribution in [3.63, 3.8) is 0 Å². The topological polar surface area (TPSA) is 54.5 Å². The van der Waals surface area contributed by atoms with Crippen LogP contribution < -0.4 is 0 Å². The van der Waals surface area contributed by atoms with Gasteiger partial charge in [-0.2, -0.15) is 0 Å². The average Bonchev–Trinajstić information content (AvgIpc) is 2.16. The summed E-state index contributed by atoms with van der Waals surface area (Å²) in [5.41, 5.74) is 0. The van der Waals surface area contributed by atoms with Gasteiger partial charge in [0.25, 0.3) is 0 Å². The van der Waals surface area contributed by atoms with Gasteiger partial charge < -0.3 is 4.90 Å². The SMILES string of the molecule is CCS(=O)(=O)CC(=O)N1C(C)CCCC1C. The van der Waals surface area contributed by atoms with Crippen LogP contribution in [-0.4, -0.2) is 42.8 Å². The van der Waals surface area contributed by atoms with Crippen molar-refractivity contribution in [2.24, 2.45) is 0 Å². The third kappa shape index (κ3) is 3.20. The van der Waals surface area contributed by atoms with Gasteiger partial charge in [0, 0.05) is 17.8 Å². The molecule has 0 bridgehead atoms. The van der Waals surface area contributed by atoms with Gasteiger partial charge in [0.1, 0.15) is 5.75 Å². The zero-order valence-electron chi connectivity index (χ0n) is 10.3. The van der Waals surface area contributed by atoms with Gasteiger partial charge in [0.2, 0.25) is 5.91 Å². The first kappa shape index (κ1) is 13.5. The molecule has 0 saturated carbocycles. The number of rotatable bonds is 3. The first-order chi connectivity index (χ1) is 7.37. The summed E-state index contributed by atoms with van der Waals surface area (Å²) in [5.74, 6) is -0.533. The smallest absolute Gasteiger partial charge is 0.238 e. The fourth-order valence-corrected chi connectivity index (χ4v) is 3.01. The summed E-state index contributed by atoms with van der Waals surface area (Å²) in [5, 5.41) is 0. The van der Waals surface area contributed by atoms with E-state index in [1.807, 2.05) is 13.8 Å². The standard InChI is InChI=1S/C11H21NO3S/c1-4-16(14,15)8-11(13)12-9(2)6-5-7-10(12)3/h9-10H,4-8H2,1-3H3. The number of carbonyl (C=O) groups excluding carboxylic acids is 1. The van der Waals surface area contributed by atoms with Crippen LogP contribution in [0.1, 0.15) is 40.0 Å². The Labute approximate surface area is 97.9 Å². The molecular formula is C11H21NO3S. The van der Waals surface area contributed by atoms with E-state index in [1.165, 1.54) is 0 Å². The number of amides is 1. The molecule has 1 aliphatic rings. The van der Waals surface area contributed by atoms with Crippen molar-refractivity contribution in [1.29, 1.82) is 0 Å². The Morgan fingerprint density at radius 3 is 2.19 bits per heavy atom. The number of nitrogens with zero attached hydrogens (tertiary/aromatic N) is 1. The Morgan fingerprint density at radius 1 is 1.25 bits per heavy atom. The molecule has 16 heavy (non-hydrogen) atoms. The summed E-state index contributed by atoms with van der Waals surface area (Å²) >= 11 is 0. The fraction of sp³-hybridized carbons (Fsp3) is 0.909. The van der Waals surface area contributed by atoms with Crippen LogP contribution in [0.25, 0.3) is 0 Å². The largest absolute Gasteiger partial charge is 0.336 e. The summed E-state index contributed by atoms with van der Waals surface area (Å²) in [6, 6.07) is 0.339. The Hall–Kier alpha value is -0.580. The van der Waals surface area contributed by atoms with Crippen LogP contribution in [0.5, 0.6) is 0 Å². The maximum atomic E-state index is 11.9. The molecule has 1 rings (SSSR count). The van der Waals surface area contributed by atoms with Crippen LogP contribution in [0.2, 0.25) is 0 Å². The minimum absolute atomic E-state index is 0.0370. The van der Waals surface area contributed by atoms with Gasteiger partial charge in [0.15, 0.2) is 9.84 Å². The molecule has 4 nitrogen and oxygen atoms in total. The third-order valence-electron chi connectivity index (χ3n) is 3.26. The molecule has 5 heteroatoms. The number of sulfone groups is 1. The van der Waals surface area contributed by atoms with Gasteiger partial charge in [-0.25, -0.2) is 8.42 Å². The average molecular weight is 247 g/mol. The molecule has 1 saturated heterocycles. The molecule has 2 unspecified atom stereocenters. The zero-order chi connectivity index (χ0) is 12.3. The van der Waals surface area contributed by atoms with Crippen molar-refractivity contribution in [2.45, 2.75) is 52.1 Å². The molecule has 0 spiro atoms. The van der Waals surface area contributed by atoms with Crippen molar-refractivity contribution in [2.75, 3.05) is 11.5 Å². The number of piperidine rings is 1. The summed E-state index contributed by atoms with van der Waals surface area (Å²) in [4.78, 5) is 13.7. The van der Waals surface area contributed by atoms with Gasteiger partial charge in [-0.3, -0.25) is 4.79 Å². The maximum absolute atomic E-state index is 11.9. The molecule has 2 atom stereocenters. The molecule has 0 radical (unpaired) electrons. The van der Waals surface area contributed by atoms with E-state index in [4.69, 9.17) is 0 Å². The van der Waals surface area contributed by atoms with E-state index in [0.29, 0.717) is 0 Å². The molecule has 0 aliphatic carbocycles. The molecule has 1 fully saturated rings. The summed E-state index contributed by atoms with van der Waals surface area (Å²) in [6.07, 6.45) is 3.07. The minimum atomic E-state index is -3.21. The Bertz CT molecular complexity index is 340. The predicted octanol–water partition coefficient (Wildman–Crippen LogP) is 1.21. The molecule has 1 heterocycles. The first-order valence-electron chi connectivity index (χ1n) is 5.89. The lowest BCUT2D eigenvalue weighted by Gasteiger charge is -2.39. The molecule has 0 aromatic carbocycles. The van der Waals surface area contributed by atoms with Crippen LogP contribution in [0.15, 0.2) is 0 Å². The van der Waals surface area contributed by atoms with Gasteiger partial charge in [0.05, 0.1) is 0 Å². The summed E-state index contributed by atoms with van der Waals surface area (Å²) in [6.45, 7) is 5.56. The van der Waals surface area contributed by atoms with Crippen LogP contribution in [0.3, 0.4) is 0 Å². The normalized spacial score (nSPS) is 26.8. The summed E-state index contributed by atoms with van der Waals surface area (Å²) in [7, 11) is -3.21.